The summed E-state index contributed by atoms with van der Waals surface area (Å²) in [6.45, 7) is 5.39. The Morgan fingerprint density at radius 2 is 2.00 bits per heavy atom. The number of carbonyl (C=O) groups excluding carboxylic acids is 1. The van der Waals surface area contributed by atoms with Crippen molar-refractivity contribution in [1.82, 2.24) is 10.3 Å². The van der Waals surface area contributed by atoms with Gasteiger partial charge in [-0.1, -0.05) is 25.1 Å². The predicted molar refractivity (Wildman–Crippen MR) is 85.8 cm³/mol. The van der Waals surface area contributed by atoms with Crippen LogP contribution in [0.2, 0.25) is 0 Å². The Morgan fingerprint density at radius 3 is 2.64 bits per heavy atom. The van der Waals surface area contributed by atoms with Crippen LogP contribution in [0.5, 0.6) is 0 Å². The highest BCUT2D eigenvalue weighted by Gasteiger charge is 2.27. The second-order valence-corrected chi connectivity index (χ2v) is 6.15. The molecule has 0 aliphatic carbocycles. The quantitative estimate of drug-likeness (QED) is 0.766. The lowest BCUT2D eigenvalue weighted by Crippen LogP contribution is -2.39. The summed E-state index contributed by atoms with van der Waals surface area (Å²) in [7, 11) is 0. The topological polar surface area (TPSA) is 82.2 Å². The zero-order valence-corrected chi connectivity index (χ0v) is 13.2. The smallest absolute Gasteiger partial charge is 0.310 e. The van der Waals surface area contributed by atoms with Crippen molar-refractivity contribution in [3.63, 3.8) is 0 Å². The van der Waals surface area contributed by atoms with Crippen LogP contribution in [0.1, 0.15) is 31.9 Å². The van der Waals surface area contributed by atoms with Crippen molar-refractivity contribution in [2.24, 2.45) is 5.41 Å². The third-order valence-electron chi connectivity index (χ3n) is 3.93. The van der Waals surface area contributed by atoms with E-state index < -0.39 is 11.4 Å². The first-order valence-corrected chi connectivity index (χ1v) is 7.43. The van der Waals surface area contributed by atoms with Crippen molar-refractivity contribution < 1.29 is 14.7 Å². The SMILES string of the molecule is CCc1cccc2c(CC(=O)NCC(C)(C)C(=O)O)c[nH]c12. The number of amides is 1. The first-order chi connectivity index (χ1) is 10.3. The molecule has 0 spiro atoms. The molecule has 0 saturated carbocycles. The number of aromatic amines is 1. The van der Waals surface area contributed by atoms with Gasteiger partial charge in [0.15, 0.2) is 0 Å². The molecule has 0 radical (unpaired) electrons. The largest absolute Gasteiger partial charge is 0.481 e. The van der Waals surface area contributed by atoms with Crippen molar-refractivity contribution in [2.45, 2.75) is 33.6 Å². The second-order valence-electron chi connectivity index (χ2n) is 6.15. The van der Waals surface area contributed by atoms with E-state index in [1.54, 1.807) is 13.8 Å². The molecule has 1 aromatic carbocycles. The van der Waals surface area contributed by atoms with Gasteiger partial charge in [0.2, 0.25) is 5.91 Å². The van der Waals surface area contributed by atoms with E-state index in [1.165, 1.54) is 5.56 Å². The van der Waals surface area contributed by atoms with E-state index in [2.05, 4.69) is 23.3 Å². The molecule has 0 bridgehead atoms. The number of carbonyl (C=O) groups is 2. The van der Waals surface area contributed by atoms with Gasteiger partial charge in [-0.15, -0.1) is 0 Å². The number of fused-ring (bicyclic) bond motifs is 1. The standard InChI is InChI=1S/C17H22N2O3/c1-4-11-6-5-7-13-12(9-18-15(11)13)8-14(20)19-10-17(2,3)16(21)22/h5-7,9,18H,4,8,10H2,1-3H3,(H,19,20)(H,21,22). The van der Waals surface area contributed by atoms with Crippen LogP contribution in [-0.2, 0) is 22.4 Å². The Morgan fingerprint density at radius 1 is 1.27 bits per heavy atom. The number of benzene rings is 1. The highest BCUT2D eigenvalue weighted by atomic mass is 16.4. The van der Waals surface area contributed by atoms with Crippen molar-refractivity contribution in [2.75, 3.05) is 6.54 Å². The summed E-state index contributed by atoms with van der Waals surface area (Å²) in [6, 6.07) is 6.05. The fourth-order valence-electron chi connectivity index (χ4n) is 2.35. The van der Waals surface area contributed by atoms with E-state index in [0.717, 1.165) is 22.9 Å². The molecule has 1 heterocycles. The minimum Gasteiger partial charge on any atom is -0.481 e. The van der Waals surface area contributed by atoms with Gasteiger partial charge in [0.05, 0.1) is 11.8 Å². The number of aromatic nitrogens is 1. The zero-order valence-electron chi connectivity index (χ0n) is 13.2. The van der Waals surface area contributed by atoms with Crippen LogP contribution in [0.25, 0.3) is 10.9 Å². The second kappa shape index (κ2) is 6.22. The fraction of sp³-hybridized carbons (Fsp3) is 0.412. The van der Waals surface area contributed by atoms with Crippen molar-refractivity contribution in [3.05, 3.63) is 35.5 Å². The van der Waals surface area contributed by atoms with E-state index in [9.17, 15) is 9.59 Å². The molecule has 0 saturated heterocycles. The summed E-state index contributed by atoms with van der Waals surface area (Å²) in [5, 5.41) is 12.8. The molecule has 3 N–H and O–H groups in total. The Balaban J connectivity index is 2.08. The summed E-state index contributed by atoms with van der Waals surface area (Å²) >= 11 is 0. The van der Waals surface area contributed by atoms with Crippen LogP contribution < -0.4 is 5.32 Å². The molecule has 2 rings (SSSR count). The lowest BCUT2D eigenvalue weighted by molar-refractivity contribution is -0.146. The summed E-state index contributed by atoms with van der Waals surface area (Å²) < 4.78 is 0. The number of H-pyrrole nitrogens is 1. The van der Waals surface area contributed by atoms with Gasteiger partial charge in [-0.25, -0.2) is 0 Å². The number of hydrogen-bond acceptors (Lipinski definition) is 2. The number of aryl methyl sites for hydroxylation is 1. The van der Waals surface area contributed by atoms with Gasteiger partial charge in [0, 0.05) is 23.6 Å². The highest BCUT2D eigenvalue weighted by molar-refractivity contribution is 5.90. The molecule has 0 atom stereocenters. The number of hydrogen-bond donors (Lipinski definition) is 3. The lowest BCUT2D eigenvalue weighted by Gasteiger charge is -2.19. The average Bonchev–Trinajstić information content (AvgIpc) is 2.88. The number of rotatable bonds is 6. The van der Waals surface area contributed by atoms with Gasteiger partial charge in [0.1, 0.15) is 0 Å². The maximum atomic E-state index is 12.1. The summed E-state index contributed by atoms with van der Waals surface area (Å²) in [6.07, 6.45) is 3.02. The number of para-hydroxylation sites is 1. The van der Waals surface area contributed by atoms with Gasteiger partial charge in [-0.05, 0) is 31.4 Å². The van der Waals surface area contributed by atoms with Gasteiger partial charge in [-0.2, -0.15) is 0 Å². The summed E-state index contributed by atoms with van der Waals surface area (Å²) in [5.74, 6) is -1.09. The van der Waals surface area contributed by atoms with Gasteiger partial charge >= 0.3 is 5.97 Å². The first kappa shape index (κ1) is 16.1. The normalized spacial score (nSPS) is 11.6. The molecule has 0 unspecified atom stereocenters. The van der Waals surface area contributed by atoms with E-state index in [-0.39, 0.29) is 18.9 Å². The monoisotopic (exact) mass is 302 g/mol. The molecule has 2 aromatic rings. The van der Waals surface area contributed by atoms with Crippen molar-refractivity contribution in [1.29, 1.82) is 0 Å². The highest BCUT2D eigenvalue weighted by Crippen LogP contribution is 2.22. The van der Waals surface area contributed by atoms with Gasteiger partial charge in [0.25, 0.3) is 0 Å². The van der Waals surface area contributed by atoms with Gasteiger partial charge < -0.3 is 15.4 Å². The molecule has 5 nitrogen and oxygen atoms in total. The van der Waals surface area contributed by atoms with Crippen LogP contribution in [0, 0.1) is 5.41 Å². The maximum Gasteiger partial charge on any atom is 0.310 e. The minimum atomic E-state index is -0.967. The molecule has 0 aliphatic rings. The van der Waals surface area contributed by atoms with Crippen LogP contribution in [-0.4, -0.2) is 28.5 Å². The van der Waals surface area contributed by atoms with E-state index in [1.807, 2.05) is 18.3 Å². The number of carboxylic acids is 1. The Bertz CT molecular complexity index is 701. The molecule has 1 amide bonds. The summed E-state index contributed by atoms with van der Waals surface area (Å²) in [4.78, 5) is 26.3. The van der Waals surface area contributed by atoms with Crippen molar-refractivity contribution >= 4 is 22.8 Å². The zero-order chi connectivity index (χ0) is 16.3. The van der Waals surface area contributed by atoms with E-state index in [0.29, 0.717) is 0 Å². The Labute approximate surface area is 129 Å². The maximum absolute atomic E-state index is 12.1. The third-order valence-corrected chi connectivity index (χ3v) is 3.93. The average molecular weight is 302 g/mol. The Hall–Kier alpha value is -2.30. The molecule has 0 fully saturated rings. The number of nitrogens with one attached hydrogen (secondary N) is 2. The van der Waals surface area contributed by atoms with Crippen LogP contribution >= 0.6 is 0 Å². The molecule has 5 heteroatoms. The third kappa shape index (κ3) is 3.30. The molecule has 118 valence electrons. The van der Waals surface area contributed by atoms with Crippen LogP contribution in [0.4, 0.5) is 0 Å². The molecule has 0 aliphatic heterocycles. The lowest BCUT2D eigenvalue weighted by atomic mass is 9.94. The number of carboxylic acid groups (broad SMARTS) is 1. The van der Waals surface area contributed by atoms with Crippen LogP contribution in [0.15, 0.2) is 24.4 Å². The van der Waals surface area contributed by atoms with Crippen molar-refractivity contribution in [3.8, 4) is 0 Å². The molecule has 22 heavy (non-hydrogen) atoms. The van der Waals surface area contributed by atoms with Gasteiger partial charge in [-0.3, -0.25) is 9.59 Å². The minimum absolute atomic E-state index is 0.115. The van der Waals surface area contributed by atoms with Crippen LogP contribution in [0.3, 0.4) is 0 Å². The molecule has 1 aromatic heterocycles. The first-order valence-electron chi connectivity index (χ1n) is 7.43. The number of aliphatic carboxylic acids is 1. The molecular weight excluding hydrogens is 280 g/mol. The van der Waals surface area contributed by atoms with E-state index >= 15 is 0 Å². The Kier molecular flexibility index (Phi) is 4.54. The summed E-state index contributed by atoms with van der Waals surface area (Å²) in [5.41, 5.74) is 2.25. The molecular formula is C17H22N2O3. The predicted octanol–water partition coefficient (Wildman–Crippen LogP) is 2.50. The fourth-order valence-corrected chi connectivity index (χ4v) is 2.35. The van der Waals surface area contributed by atoms with E-state index in [4.69, 9.17) is 5.11 Å².